The third-order valence-electron chi connectivity index (χ3n) is 4.44. The number of benzene rings is 1. The van der Waals surface area contributed by atoms with E-state index in [1.165, 1.54) is 17.0 Å². The number of nitrogens with one attached hydrogen (secondary N) is 2. The first-order valence-corrected chi connectivity index (χ1v) is 10.0. The molecular weight excluding hydrogens is 384 g/mol. The second kappa shape index (κ2) is 9.23. The lowest BCUT2D eigenvalue weighted by molar-refractivity contribution is -0.384. The Balaban J connectivity index is 1.64. The number of nitro groups is 1. The van der Waals surface area contributed by atoms with Crippen LogP contribution in [0.4, 0.5) is 11.4 Å². The molecule has 1 aromatic carbocycles. The van der Waals surface area contributed by atoms with Crippen LogP contribution in [0.25, 0.3) is 0 Å². The van der Waals surface area contributed by atoms with E-state index in [9.17, 15) is 10.1 Å². The molecule has 0 amide bonds. The van der Waals surface area contributed by atoms with Gasteiger partial charge in [0.2, 0.25) is 0 Å². The highest BCUT2D eigenvalue weighted by molar-refractivity contribution is 7.80. The number of hydrogen-bond acceptors (Lipinski definition) is 6. The van der Waals surface area contributed by atoms with Crippen LogP contribution in [0.5, 0.6) is 0 Å². The number of anilines is 1. The molecule has 144 valence electrons. The molecule has 0 aliphatic carbocycles. The number of hydrogen-bond donors (Lipinski definition) is 2. The van der Waals surface area contributed by atoms with E-state index in [2.05, 4.69) is 40.0 Å². The summed E-state index contributed by atoms with van der Waals surface area (Å²) >= 11 is 7.19. The maximum Gasteiger partial charge on any atom is 0.269 e. The summed E-state index contributed by atoms with van der Waals surface area (Å²) < 4.78 is 5.49. The molecule has 27 heavy (non-hydrogen) atoms. The maximum atomic E-state index is 10.8. The predicted octanol–water partition coefficient (Wildman–Crippen LogP) is 3.40. The summed E-state index contributed by atoms with van der Waals surface area (Å²) in [6.07, 6.45) is 0. The molecule has 0 bridgehead atoms. The van der Waals surface area contributed by atoms with Crippen molar-refractivity contribution in [1.29, 1.82) is 0 Å². The van der Waals surface area contributed by atoms with Crippen LogP contribution in [0, 0.1) is 10.1 Å². The van der Waals surface area contributed by atoms with Gasteiger partial charge in [0.15, 0.2) is 5.11 Å². The third kappa shape index (κ3) is 5.23. The Morgan fingerprint density at radius 1 is 1.30 bits per heavy atom. The van der Waals surface area contributed by atoms with Gasteiger partial charge in [-0.1, -0.05) is 6.07 Å². The smallest absolute Gasteiger partial charge is 0.269 e. The first-order chi connectivity index (χ1) is 13.0. The highest BCUT2D eigenvalue weighted by Crippen LogP contribution is 2.29. The Morgan fingerprint density at radius 3 is 2.59 bits per heavy atom. The molecule has 0 saturated carbocycles. The van der Waals surface area contributed by atoms with Crippen LogP contribution in [0.2, 0.25) is 0 Å². The zero-order chi connectivity index (χ0) is 19.2. The molecule has 1 saturated heterocycles. The summed E-state index contributed by atoms with van der Waals surface area (Å²) in [5, 5.41) is 19.8. The van der Waals surface area contributed by atoms with Crippen molar-refractivity contribution < 1.29 is 9.66 Å². The summed E-state index contributed by atoms with van der Waals surface area (Å²) in [4.78, 5) is 14.0. The van der Waals surface area contributed by atoms with Crippen molar-refractivity contribution in [1.82, 2.24) is 10.2 Å². The van der Waals surface area contributed by atoms with E-state index in [0.717, 1.165) is 26.3 Å². The summed E-state index contributed by atoms with van der Waals surface area (Å²) in [7, 11) is 0. The SMILES string of the molecule is C[C@H](NC(=S)Nc1ccc([N+](=O)[O-])cc1)[C@@H](c1cccs1)N1CCOCC1. The van der Waals surface area contributed by atoms with Crippen molar-refractivity contribution in [2.45, 2.75) is 19.0 Å². The molecule has 7 nitrogen and oxygen atoms in total. The van der Waals surface area contributed by atoms with Crippen LogP contribution >= 0.6 is 23.6 Å². The van der Waals surface area contributed by atoms with Crippen molar-refractivity contribution in [2.75, 3.05) is 31.6 Å². The fourth-order valence-electron chi connectivity index (χ4n) is 3.18. The molecule has 1 fully saturated rings. The van der Waals surface area contributed by atoms with E-state index in [4.69, 9.17) is 17.0 Å². The molecule has 3 rings (SSSR count). The van der Waals surface area contributed by atoms with Gasteiger partial charge in [0.25, 0.3) is 5.69 Å². The molecule has 2 heterocycles. The van der Waals surface area contributed by atoms with Gasteiger partial charge in [0.1, 0.15) is 0 Å². The fourth-order valence-corrected chi connectivity index (χ4v) is 4.44. The number of nitrogens with zero attached hydrogens (tertiary/aromatic N) is 2. The number of thiophene rings is 1. The van der Waals surface area contributed by atoms with Gasteiger partial charge in [-0.3, -0.25) is 15.0 Å². The van der Waals surface area contributed by atoms with Crippen molar-refractivity contribution in [3.05, 3.63) is 56.8 Å². The zero-order valence-electron chi connectivity index (χ0n) is 15.0. The Kier molecular flexibility index (Phi) is 6.73. The topological polar surface area (TPSA) is 79.7 Å². The van der Waals surface area contributed by atoms with Crippen LogP contribution in [-0.4, -0.2) is 47.3 Å². The number of thiocarbonyl (C=S) groups is 1. The molecule has 1 aliphatic rings. The van der Waals surface area contributed by atoms with E-state index in [-0.39, 0.29) is 17.8 Å². The van der Waals surface area contributed by atoms with Crippen LogP contribution in [0.15, 0.2) is 41.8 Å². The van der Waals surface area contributed by atoms with E-state index < -0.39 is 4.92 Å². The van der Waals surface area contributed by atoms with Gasteiger partial charge >= 0.3 is 0 Å². The van der Waals surface area contributed by atoms with Crippen molar-refractivity contribution >= 4 is 40.0 Å². The molecule has 2 N–H and O–H groups in total. The lowest BCUT2D eigenvalue weighted by atomic mass is 10.1. The Morgan fingerprint density at radius 2 is 2.00 bits per heavy atom. The Labute approximate surface area is 167 Å². The zero-order valence-corrected chi connectivity index (χ0v) is 16.6. The van der Waals surface area contributed by atoms with Crippen molar-refractivity contribution in [3.8, 4) is 0 Å². The van der Waals surface area contributed by atoms with Crippen LogP contribution in [-0.2, 0) is 4.74 Å². The molecular formula is C18H22N4O3S2. The Bertz CT molecular complexity index is 761. The van der Waals surface area contributed by atoms with E-state index in [1.54, 1.807) is 23.5 Å². The standard InChI is InChI=1S/C18H22N4O3S2/c1-13(17(16-3-2-12-27-16)21-8-10-25-11-9-21)19-18(26)20-14-4-6-15(7-5-14)22(23)24/h2-7,12-13,17H,8-11H2,1H3,(H2,19,20,26)/t13-,17-/m0/s1. The highest BCUT2D eigenvalue weighted by atomic mass is 32.1. The molecule has 1 aliphatic heterocycles. The van der Waals surface area contributed by atoms with Gasteiger partial charge in [-0.25, -0.2) is 0 Å². The number of non-ortho nitro benzene ring substituents is 1. The van der Waals surface area contributed by atoms with Gasteiger partial charge in [0.05, 0.1) is 24.2 Å². The third-order valence-corrected chi connectivity index (χ3v) is 5.60. The maximum absolute atomic E-state index is 10.8. The molecule has 2 atom stereocenters. The quantitative estimate of drug-likeness (QED) is 0.432. The van der Waals surface area contributed by atoms with Gasteiger partial charge in [-0.05, 0) is 42.7 Å². The first kappa shape index (κ1) is 19.7. The number of nitro benzene ring substituents is 1. The second-order valence-electron chi connectivity index (χ2n) is 6.30. The minimum absolute atomic E-state index is 0.0536. The lowest BCUT2D eigenvalue weighted by Gasteiger charge is -2.38. The summed E-state index contributed by atoms with van der Waals surface area (Å²) in [5.41, 5.74) is 0.766. The van der Waals surface area contributed by atoms with Crippen LogP contribution in [0.1, 0.15) is 17.8 Å². The van der Waals surface area contributed by atoms with Gasteiger partial charge in [-0.15, -0.1) is 11.3 Å². The van der Waals surface area contributed by atoms with Crippen LogP contribution in [0.3, 0.4) is 0 Å². The van der Waals surface area contributed by atoms with E-state index in [1.807, 2.05) is 0 Å². The average molecular weight is 407 g/mol. The normalized spacial score (nSPS) is 17.1. The molecule has 1 aromatic heterocycles. The molecule has 9 heteroatoms. The van der Waals surface area contributed by atoms with Crippen molar-refractivity contribution in [2.24, 2.45) is 0 Å². The average Bonchev–Trinajstić information content (AvgIpc) is 3.17. The minimum atomic E-state index is -0.420. The minimum Gasteiger partial charge on any atom is -0.379 e. The molecule has 0 spiro atoms. The highest BCUT2D eigenvalue weighted by Gasteiger charge is 2.28. The second-order valence-corrected chi connectivity index (χ2v) is 7.69. The van der Waals surface area contributed by atoms with Gasteiger partial charge in [0, 0.05) is 41.8 Å². The number of morpholine rings is 1. The monoisotopic (exact) mass is 406 g/mol. The summed E-state index contributed by atoms with van der Waals surface area (Å²) in [6.45, 7) is 5.36. The molecule has 2 aromatic rings. The van der Waals surface area contributed by atoms with Crippen molar-refractivity contribution in [3.63, 3.8) is 0 Å². The largest absolute Gasteiger partial charge is 0.379 e. The molecule has 0 radical (unpaired) electrons. The van der Waals surface area contributed by atoms with E-state index in [0.29, 0.717) is 10.8 Å². The van der Waals surface area contributed by atoms with Gasteiger partial charge in [-0.2, -0.15) is 0 Å². The number of rotatable bonds is 6. The fraction of sp³-hybridized carbons (Fsp3) is 0.389. The summed E-state index contributed by atoms with van der Waals surface area (Å²) in [6, 6.07) is 10.7. The number of ether oxygens (including phenoxy) is 1. The predicted molar refractivity (Wildman–Crippen MR) is 111 cm³/mol. The molecule has 0 unspecified atom stereocenters. The van der Waals surface area contributed by atoms with Crippen LogP contribution < -0.4 is 10.6 Å². The van der Waals surface area contributed by atoms with Gasteiger partial charge < -0.3 is 15.4 Å². The lowest BCUT2D eigenvalue weighted by Crippen LogP contribution is -2.49. The Hall–Kier alpha value is -2.07. The summed E-state index contributed by atoms with van der Waals surface area (Å²) in [5.74, 6) is 0. The first-order valence-electron chi connectivity index (χ1n) is 8.72. The van der Waals surface area contributed by atoms with E-state index >= 15 is 0 Å².